The Morgan fingerprint density at radius 3 is 2.20 bits per heavy atom. The zero-order chi connectivity index (χ0) is 14.7. The Kier molecular flexibility index (Phi) is 4.22. The molecule has 106 valence electrons. The number of anilines is 1. The van der Waals surface area contributed by atoms with Gasteiger partial charge in [-0.2, -0.15) is 0 Å². The lowest BCUT2D eigenvalue weighted by atomic mass is 10.1. The monoisotopic (exact) mass is 287 g/mol. The Bertz CT molecular complexity index is 589. The van der Waals surface area contributed by atoms with Crippen molar-refractivity contribution in [1.29, 1.82) is 0 Å². The third-order valence-electron chi connectivity index (χ3n) is 2.68. The molecular formula is C14H10F5N. The molecule has 0 aliphatic carbocycles. The fraction of sp³-hybridized carbons (Fsp3) is 0.143. The summed E-state index contributed by atoms with van der Waals surface area (Å²) in [7, 11) is 0. The average molecular weight is 287 g/mol. The first kappa shape index (κ1) is 14.3. The second kappa shape index (κ2) is 5.90. The van der Waals surface area contributed by atoms with E-state index >= 15 is 0 Å². The molecular weight excluding hydrogens is 277 g/mol. The molecule has 0 radical (unpaired) electrons. The molecule has 1 N–H and O–H groups in total. The van der Waals surface area contributed by atoms with Crippen LogP contribution in [0.2, 0.25) is 0 Å². The van der Waals surface area contributed by atoms with E-state index in [1.165, 1.54) is 24.3 Å². The predicted octanol–water partition coefficient (Wildman–Crippen LogP) is 4.65. The van der Waals surface area contributed by atoms with E-state index < -0.39 is 29.6 Å². The average Bonchev–Trinajstić information content (AvgIpc) is 2.37. The van der Waals surface area contributed by atoms with Crippen LogP contribution < -0.4 is 5.32 Å². The van der Waals surface area contributed by atoms with Gasteiger partial charge in [0.15, 0.2) is 11.6 Å². The lowest BCUT2D eigenvalue weighted by Gasteiger charge is -2.10. The van der Waals surface area contributed by atoms with Gasteiger partial charge in [0.05, 0.1) is 0 Å². The fourth-order valence-corrected chi connectivity index (χ4v) is 1.74. The molecule has 2 rings (SSSR count). The maximum atomic E-state index is 13.4. The molecule has 2 aromatic rings. The van der Waals surface area contributed by atoms with Gasteiger partial charge < -0.3 is 5.32 Å². The summed E-state index contributed by atoms with van der Waals surface area (Å²) in [5.41, 5.74) is -0.232. The molecule has 1 nitrogen and oxygen atoms in total. The van der Waals surface area contributed by atoms with Crippen LogP contribution in [-0.2, 0) is 6.54 Å². The highest BCUT2D eigenvalue weighted by Gasteiger charge is 2.12. The van der Waals surface area contributed by atoms with E-state index in [4.69, 9.17) is 0 Å². The molecule has 2 aromatic carbocycles. The minimum atomic E-state index is -2.62. The number of hydrogen-bond acceptors (Lipinski definition) is 1. The molecule has 20 heavy (non-hydrogen) atoms. The summed E-state index contributed by atoms with van der Waals surface area (Å²) >= 11 is 0. The van der Waals surface area contributed by atoms with Crippen molar-refractivity contribution in [2.24, 2.45) is 0 Å². The quantitative estimate of drug-likeness (QED) is 0.807. The van der Waals surface area contributed by atoms with Crippen LogP contribution in [0.25, 0.3) is 0 Å². The van der Waals surface area contributed by atoms with Crippen molar-refractivity contribution in [2.75, 3.05) is 5.32 Å². The third-order valence-corrected chi connectivity index (χ3v) is 2.68. The topological polar surface area (TPSA) is 12.0 Å². The lowest BCUT2D eigenvalue weighted by Crippen LogP contribution is -2.05. The van der Waals surface area contributed by atoms with Crippen LogP contribution in [0, 0.1) is 17.5 Å². The highest BCUT2D eigenvalue weighted by molar-refractivity contribution is 5.47. The van der Waals surface area contributed by atoms with Crippen LogP contribution in [0.3, 0.4) is 0 Å². The summed E-state index contributed by atoms with van der Waals surface area (Å²) < 4.78 is 64.4. The summed E-state index contributed by atoms with van der Waals surface area (Å²) in [6, 6.07) is 6.54. The molecule has 0 unspecified atom stereocenters. The number of benzene rings is 2. The van der Waals surface area contributed by atoms with Crippen LogP contribution in [-0.4, -0.2) is 0 Å². The maximum Gasteiger partial charge on any atom is 0.263 e. The Morgan fingerprint density at radius 1 is 0.950 bits per heavy atom. The first-order valence-corrected chi connectivity index (χ1v) is 5.73. The van der Waals surface area contributed by atoms with Crippen molar-refractivity contribution >= 4 is 5.69 Å². The summed E-state index contributed by atoms with van der Waals surface area (Å²) in [5, 5.41) is 2.43. The number of alkyl halides is 2. The van der Waals surface area contributed by atoms with E-state index in [0.717, 1.165) is 0 Å². The molecule has 0 atom stereocenters. The van der Waals surface area contributed by atoms with Gasteiger partial charge in [0.2, 0.25) is 0 Å². The van der Waals surface area contributed by atoms with E-state index in [1.54, 1.807) is 0 Å². The number of nitrogens with one attached hydrogen (secondary N) is 1. The minimum Gasteiger partial charge on any atom is -0.376 e. The molecule has 0 fully saturated rings. The molecule has 0 saturated heterocycles. The first-order chi connectivity index (χ1) is 9.47. The van der Waals surface area contributed by atoms with Crippen molar-refractivity contribution in [3.05, 3.63) is 65.0 Å². The zero-order valence-electron chi connectivity index (χ0n) is 10.1. The molecule has 0 bridgehead atoms. The van der Waals surface area contributed by atoms with E-state index in [2.05, 4.69) is 5.32 Å². The molecule has 6 heteroatoms. The van der Waals surface area contributed by atoms with Crippen molar-refractivity contribution in [2.45, 2.75) is 13.0 Å². The van der Waals surface area contributed by atoms with Crippen LogP contribution in [0.1, 0.15) is 17.6 Å². The summed E-state index contributed by atoms with van der Waals surface area (Å²) in [6.07, 6.45) is -2.62. The standard InChI is InChI=1S/C14H10F5N/c15-10-5-11(16)13(12(17)6-10)20-7-8-2-1-3-9(4-8)14(18)19/h1-6,14,20H,7H2. The van der Waals surface area contributed by atoms with E-state index in [1.807, 2.05) is 0 Å². The molecule has 0 spiro atoms. The highest BCUT2D eigenvalue weighted by atomic mass is 19.3. The van der Waals surface area contributed by atoms with Crippen LogP contribution >= 0.6 is 0 Å². The maximum absolute atomic E-state index is 13.4. The van der Waals surface area contributed by atoms with Gasteiger partial charge in [-0.3, -0.25) is 0 Å². The first-order valence-electron chi connectivity index (χ1n) is 5.73. The van der Waals surface area contributed by atoms with Gasteiger partial charge in [0.25, 0.3) is 6.43 Å². The van der Waals surface area contributed by atoms with Crippen LogP contribution in [0.4, 0.5) is 27.6 Å². The van der Waals surface area contributed by atoms with Gasteiger partial charge in [-0.25, -0.2) is 22.0 Å². The molecule has 0 heterocycles. The largest absolute Gasteiger partial charge is 0.376 e. The van der Waals surface area contributed by atoms with Crippen molar-refractivity contribution in [3.63, 3.8) is 0 Å². The van der Waals surface area contributed by atoms with Crippen LogP contribution in [0.15, 0.2) is 36.4 Å². The smallest absolute Gasteiger partial charge is 0.263 e. The second-order valence-electron chi connectivity index (χ2n) is 4.14. The SMILES string of the molecule is Fc1cc(F)c(NCc2cccc(C(F)F)c2)c(F)c1. The lowest BCUT2D eigenvalue weighted by molar-refractivity contribution is 0.151. The normalized spacial score (nSPS) is 10.9. The molecule has 0 aromatic heterocycles. The van der Waals surface area contributed by atoms with E-state index in [-0.39, 0.29) is 12.1 Å². The van der Waals surface area contributed by atoms with Gasteiger partial charge in [-0.1, -0.05) is 18.2 Å². The number of halogens is 5. The molecule has 0 aliphatic heterocycles. The molecule has 0 saturated carbocycles. The Labute approximate surface area is 112 Å². The molecule has 0 amide bonds. The fourth-order valence-electron chi connectivity index (χ4n) is 1.74. The number of hydrogen-bond donors (Lipinski definition) is 1. The van der Waals surface area contributed by atoms with Crippen molar-refractivity contribution in [3.8, 4) is 0 Å². The van der Waals surface area contributed by atoms with E-state index in [0.29, 0.717) is 17.7 Å². The van der Waals surface area contributed by atoms with Gasteiger partial charge in [0, 0.05) is 24.2 Å². The Hall–Kier alpha value is -2.11. The summed E-state index contributed by atoms with van der Waals surface area (Å²) in [4.78, 5) is 0. The minimum absolute atomic E-state index is 0.0555. The zero-order valence-corrected chi connectivity index (χ0v) is 10.1. The van der Waals surface area contributed by atoms with Gasteiger partial charge in [-0.05, 0) is 11.6 Å². The summed E-state index contributed by atoms with van der Waals surface area (Å²) in [5.74, 6) is -3.18. The Balaban J connectivity index is 2.15. The van der Waals surface area contributed by atoms with Gasteiger partial charge in [-0.15, -0.1) is 0 Å². The highest BCUT2D eigenvalue weighted by Crippen LogP contribution is 2.22. The predicted molar refractivity (Wildman–Crippen MR) is 65.0 cm³/mol. The molecule has 0 aliphatic rings. The number of rotatable bonds is 4. The third kappa shape index (κ3) is 3.26. The summed E-state index contributed by atoms with van der Waals surface area (Å²) in [6.45, 7) is -0.0555. The van der Waals surface area contributed by atoms with Crippen molar-refractivity contribution in [1.82, 2.24) is 0 Å². The van der Waals surface area contributed by atoms with E-state index in [9.17, 15) is 22.0 Å². The second-order valence-corrected chi connectivity index (χ2v) is 4.14. The van der Waals surface area contributed by atoms with Gasteiger partial charge in [0.1, 0.15) is 11.5 Å². The van der Waals surface area contributed by atoms with Crippen molar-refractivity contribution < 1.29 is 22.0 Å². The van der Waals surface area contributed by atoms with Gasteiger partial charge >= 0.3 is 0 Å². The van der Waals surface area contributed by atoms with Crippen LogP contribution in [0.5, 0.6) is 0 Å². The Morgan fingerprint density at radius 2 is 1.60 bits per heavy atom.